The van der Waals surface area contributed by atoms with Crippen molar-refractivity contribution in [2.24, 2.45) is 0 Å². The largest absolute Gasteiger partial charge is 0.496 e. The number of benzene rings is 2. The van der Waals surface area contributed by atoms with Gasteiger partial charge in [-0.25, -0.2) is 0 Å². The first-order valence-corrected chi connectivity index (χ1v) is 8.94. The maximum absolute atomic E-state index is 6.07. The molecule has 3 aromatic rings. The predicted molar refractivity (Wildman–Crippen MR) is 102 cm³/mol. The molecule has 1 aromatic heterocycles. The third-order valence-electron chi connectivity index (χ3n) is 4.49. The summed E-state index contributed by atoms with van der Waals surface area (Å²) < 4.78 is 16.9. The molecular formula is C20H22N4O3. The van der Waals surface area contributed by atoms with Gasteiger partial charge in [-0.3, -0.25) is 5.10 Å². The fraction of sp³-hybridized carbons (Fsp3) is 0.300. The van der Waals surface area contributed by atoms with E-state index in [-0.39, 0.29) is 0 Å². The van der Waals surface area contributed by atoms with Gasteiger partial charge in [0.05, 0.1) is 25.9 Å². The number of H-pyrrole nitrogens is 1. The van der Waals surface area contributed by atoms with Crippen LogP contribution in [0.3, 0.4) is 0 Å². The van der Waals surface area contributed by atoms with Gasteiger partial charge in [0.1, 0.15) is 18.1 Å². The first-order valence-electron chi connectivity index (χ1n) is 8.94. The van der Waals surface area contributed by atoms with Crippen LogP contribution in [0.1, 0.15) is 5.56 Å². The Morgan fingerprint density at radius 3 is 2.59 bits per heavy atom. The molecule has 0 radical (unpaired) electrons. The molecular weight excluding hydrogens is 344 g/mol. The molecule has 0 spiro atoms. The van der Waals surface area contributed by atoms with Crippen molar-refractivity contribution >= 4 is 5.95 Å². The number of para-hydroxylation sites is 2. The SMILES string of the molecule is COc1ccccc1COc1ccccc1-c1nc(N2CCOCC2)n[nH]1. The highest BCUT2D eigenvalue weighted by Gasteiger charge is 2.18. The van der Waals surface area contributed by atoms with Gasteiger partial charge < -0.3 is 19.1 Å². The van der Waals surface area contributed by atoms with Gasteiger partial charge in [0.2, 0.25) is 5.95 Å². The van der Waals surface area contributed by atoms with Gasteiger partial charge >= 0.3 is 0 Å². The molecule has 0 atom stereocenters. The maximum Gasteiger partial charge on any atom is 0.245 e. The molecule has 1 fully saturated rings. The minimum absolute atomic E-state index is 0.408. The molecule has 0 aliphatic carbocycles. The maximum atomic E-state index is 6.07. The molecule has 0 unspecified atom stereocenters. The fourth-order valence-electron chi connectivity index (χ4n) is 3.04. The number of aromatic amines is 1. The van der Waals surface area contributed by atoms with Crippen molar-refractivity contribution in [2.75, 3.05) is 38.3 Å². The Morgan fingerprint density at radius 2 is 1.78 bits per heavy atom. The van der Waals surface area contributed by atoms with Crippen LogP contribution in [0.5, 0.6) is 11.5 Å². The summed E-state index contributed by atoms with van der Waals surface area (Å²) >= 11 is 0. The van der Waals surface area contributed by atoms with Crippen molar-refractivity contribution < 1.29 is 14.2 Å². The van der Waals surface area contributed by atoms with E-state index in [1.54, 1.807) is 7.11 Å². The van der Waals surface area contributed by atoms with Crippen LogP contribution < -0.4 is 14.4 Å². The predicted octanol–water partition coefficient (Wildman–Crippen LogP) is 2.90. The molecule has 0 bridgehead atoms. The molecule has 2 heterocycles. The first kappa shape index (κ1) is 17.4. The molecule has 4 rings (SSSR count). The third kappa shape index (κ3) is 3.88. The second kappa shape index (κ2) is 8.09. The molecule has 1 saturated heterocycles. The summed E-state index contributed by atoms with van der Waals surface area (Å²) in [4.78, 5) is 6.77. The highest BCUT2D eigenvalue weighted by molar-refractivity contribution is 5.64. The molecule has 0 amide bonds. The van der Waals surface area contributed by atoms with Gasteiger partial charge in [0.25, 0.3) is 0 Å². The minimum atomic E-state index is 0.408. The Kier molecular flexibility index (Phi) is 5.20. The van der Waals surface area contributed by atoms with Crippen LogP contribution in [0.4, 0.5) is 5.95 Å². The van der Waals surface area contributed by atoms with E-state index in [0.717, 1.165) is 35.7 Å². The number of nitrogens with zero attached hydrogens (tertiary/aromatic N) is 3. The van der Waals surface area contributed by atoms with Crippen molar-refractivity contribution in [3.63, 3.8) is 0 Å². The molecule has 2 aromatic carbocycles. The van der Waals surface area contributed by atoms with E-state index >= 15 is 0 Å². The van der Waals surface area contributed by atoms with E-state index in [4.69, 9.17) is 14.2 Å². The summed E-state index contributed by atoms with van der Waals surface area (Å²) in [5.74, 6) is 2.93. The molecule has 140 valence electrons. The molecule has 7 heteroatoms. The Balaban J connectivity index is 1.54. The number of hydrogen-bond acceptors (Lipinski definition) is 6. The van der Waals surface area contributed by atoms with Gasteiger partial charge in [0, 0.05) is 18.7 Å². The zero-order chi connectivity index (χ0) is 18.5. The van der Waals surface area contributed by atoms with Crippen LogP contribution in [0.25, 0.3) is 11.4 Å². The second-order valence-corrected chi connectivity index (χ2v) is 6.18. The zero-order valence-electron chi connectivity index (χ0n) is 15.2. The topological polar surface area (TPSA) is 72.5 Å². The van der Waals surface area contributed by atoms with Crippen LogP contribution in [-0.2, 0) is 11.3 Å². The number of hydrogen-bond donors (Lipinski definition) is 1. The van der Waals surface area contributed by atoms with E-state index in [1.165, 1.54) is 0 Å². The summed E-state index contributed by atoms with van der Waals surface area (Å²) in [6.45, 7) is 3.39. The van der Waals surface area contributed by atoms with Gasteiger partial charge in [-0.1, -0.05) is 30.3 Å². The van der Waals surface area contributed by atoms with E-state index in [2.05, 4.69) is 20.1 Å². The van der Waals surface area contributed by atoms with Crippen molar-refractivity contribution in [3.8, 4) is 22.9 Å². The highest BCUT2D eigenvalue weighted by atomic mass is 16.5. The van der Waals surface area contributed by atoms with Crippen LogP contribution in [0, 0.1) is 0 Å². The summed E-state index contributed by atoms with van der Waals surface area (Å²) in [6, 6.07) is 15.6. The minimum Gasteiger partial charge on any atom is -0.496 e. The van der Waals surface area contributed by atoms with Gasteiger partial charge in [0.15, 0.2) is 5.82 Å². The van der Waals surface area contributed by atoms with Crippen LogP contribution >= 0.6 is 0 Å². The Morgan fingerprint density at radius 1 is 1.04 bits per heavy atom. The number of aromatic nitrogens is 3. The van der Waals surface area contributed by atoms with Crippen LogP contribution in [-0.4, -0.2) is 48.6 Å². The van der Waals surface area contributed by atoms with Crippen LogP contribution in [0.2, 0.25) is 0 Å². The molecule has 27 heavy (non-hydrogen) atoms. The van der Waals surface area contributed by atoms with E-state index in [1.807, 2.05) is 48.5 Å². The average molecular weight is 366 g/mol. The molecule has 0 saturated carbocycles. The standard InChI is InChI=1S/C20H22N4O3/c1-25-17-8-4-2-6-15(17)14-27-18-9-5-3-7-16(18)19-21-20(23-22-19)24-10-12-26-13-11-24/h2-9H,10-14H2,1H3,(H,21,22,23). The van der Waals surface area contributed by atoms with Crippen molar-refractivity contribution in [1.82, 2.24) is 15.2 Å². The van der Waals surface area contributed by atoms with Gasteiger partial charge in [-0.2, -0.15) is 4.98 Å². The van der Waals surface area contributed by atoms with Gasteiger partial charge in [-0.15, -0.1) is 5.10 Å². The van der Waals surface area contributed by atoms with Crippen LogP contribution in [0.15, 0.2) is 48.5 Å². The van der Waals surface area contributed by atoms with Crippen molar-refractivity contribution in [2.45, 2.75) is 6.61 Å². The fourth-order valence-corrected chi connectivity index (χ4v) is 3.04. The van der Waals surface area contributed by atoms with Crippen molar-refractivity contribution in [1.29, 1.82) is 0 Å². The third-order valence-corrected chi connectivity index (χ3v) is 4.49. The monoisotopic (exact) mass is 366 g/mol. The number of morpholine rings is 1. The summed E-state index contributed by atoms with van der Waals surface area (Å²) in [7, 11) is 1.66. The number of rotatable bonds is 6. The zero-order valence-corrected chi connectivity index (χ0v) is 15.2. The number of ether oxygens (including phenoxy) is 3. The summed E-state index contributed by atoms with van der Waals surface area (Å²) in [5.41, 5.74) is 1.86. The lowest BCUT2D eigenvalue weighted by Crippen LogP contribution is -2.36. The number of nitrogens with one attached hydrogen (secondary N) is 1. The Labute approximate surface area is 157 Å². The lowest BCUT2D eigenvalue weighted by molar-refractivity contribution is 0.122. The molecule has 1 N–H and O–H groups in total. The average Bonchev–Trinajstić information content (AvgIpc) is 3.23. The first-order chi connectivity index (χ1) is 13.3. The molecule has 7 nitrogen and oxygen atoms in total. The highest BCUT2D eigenvalue weighted by Crippen LogP contribution is 2.30. The number of methoxy groups -OCH3 is 1. The van der Waals surface area contributed by atoms with Gasteiger partial charge in [-0.05, 0) is 18.2 Å². The Hall–Kier alpha value is -3.06. The lowest BCUT2D eigenvalue weighted by Gasteiger charge is -2.25. The van der Waals surface area contributed by atoms with Crippen molar-refractivity contribution in [3.05, 3.63) is 54.1 Å². The normalized spacial score (nSPS) is 14.2. The summed E-state index contributed by atoms with van der Waals surface area (Å²) in [6.07, 6.45) is 0. The summed E-state index contributed by atoms with van der Waals surface area (Å²) in [5, 5.41) is 7.39. The van der Waals surface area contributed by atoms with E-state index in [0.29, 0.717) is 31.6 Å². The molecule has 1 aliphatic rings. The molecule has 1 aliphatic heterocycles. The second-order valence-electron chi connectivity index (χ2n) is 6.18. The number of anilines is 1. The smallest absolute Gasteiger partial charge is 0.245 e. The Bertz CT molecular complexity index is 890. The van der Waals surface area contributed by atoms with E-state index in [9.17, 15) is 0 Å². The lowest BCUT2D eigenvalue weighted by atomic mass is 10.2. The quantitative estimate of drug-likeness (QED) is 0.723. The van der Waals surface area contributed by atoms with E-state index < -0.39 is 0 Å².